The van der Waals surface area contributed by atoms with Crippen LogP contribution in [-0.2, 0) is 6.54 Å². The van der Waals surface area contributed by atoms with Gasteiger partial charge in [0.2, 0.25) is 0 Å². The van der Waals surface area contributed by atoms with E-state index in [9.17, 15) is 0 Å². The first kappa shape index (κ1) is 14.0. The highest BCUT2D eigenvalue weighted by atomic mass is 16.4. The quantitative estimate of drug-likeness (QED) is 0.230. The van der Waals surface area contributed by atoms with E-state index in [0.717, 1.165) is 18.4 Å². The molecule has 0 aromatic carbocycles. The molecule has 0 aliphatic rings. The lowest BCUT2D eigenvalue weighted by Gasteiger charge is -2.12. The fraction of sp³-hybridized carbons (Fsp3) is 0.385. The van der Waals surface area contributed by atoms with Crippen LogP contribution >= 0.6 is 0 Å². The number of amidine groups is 1. The van der Waals surface area contributed by atoms with E-state index < -0.39 is 0 Å². The second-order valence-corrected chi connectivity index (χ2v) is 3.92. The number of oxime groups is 1. The van der Waals surface area contributed by atoms with Crippen molar-refractivity contribution in [2.75, 3.05) is 0 Å². The summed E-state index contributed by atoms with van der Waals surface area (Å²) in [7, 11) is 0. The summed E-state index contributed by atoms with van der Waals surface area (Å²) in [5.74, 6) is 2.71. The number of nitrogens with one attached hydrogen (secondary N) is 1. The lowest BCUT2D eigenvalue weighted by atomic mass is 10.1. The Morgan fingerprint density at radius 2 is 2.50 bits per heavy atom. The molecule has 0 radical (unpaired) electrons. The van der Waals surface area contributed by atoms with Gasteiger partial charge in [0, 0.05) is 12.7 Å². The van der Waals surface area contributed by atoms with Gasteiger partial charge in [0.1, 0.15) is 5.69 Å². The molecule has 1 unspecified atom stereocenters. The molecule has 1 rings (SSSR count). The molecule has 0 amide bonds. The maximum absolute atomic E-state index is 8.59. The molecule has 4 N–H and O–H groups in total. The van der Waals surface area contributed by atoms with Gasteiger partial charge in [0.05, 0.1) is 6.04 Å². The van der Waals surface area contributed by atoms with Crippen LogP contribution in [-0.4, -0.2) is 22.1 Å². The molecule has 1 heterocycles. The van der Waals surface area contributed by atoms with Crippen LogP contribution in [0.3, 0.4) is 0 Å². The van der Waals surface area contributed by atoms with Gasteiger partial charge in [-0.05, 0) is 24.1 Å². The van der Waals surface area contributed by atoms with Crippen LogP contribution in [0, 0.1) is 12.3 Å². The number of nitrogens with zero attached hydrogens (tertiary/aromatic N) is 2. The van der Waals surface area contributed by atoms with Gasteiger partial charge >= 0.3 is 0 Å². The second kappa shape index (κ2) is 7.30. The normalized spacial score (nSPS) is 13.0. The predicted molar refractivity (Wildman–Crippen MR) is 71.1 cm³/mol. The van der Waals surface area contributed by atoms with Gasteiger partial charge in [-0.15, -0.1) is 6.42 Å². The summed E-state index contributed by atoms with van der Waals surface area (Å²) >= 11 is 0. The van der Waals surface area contributed by atoms with Gasteiger partial charge < -0.3 is 10.9 Å². The van der Waals surface area contributed by atoms with Gasteiger partial charge in [-0.25, -0.2) is 0 Å². The van der Waals surface area contributed by atoms with E-state index >= 15 is 0 Å². The SMILES string of the molecule is C#CC(CCC)NCc1ccnc(/C(N)=N/O)c1. The summed E-state index contributed by atoms with van der Waals surface area (Å²) in [6, 6.07) is 3.69. The average Bonchev–Trinajstić information content (AvgIpc) is 2.42. The van der Waals surface area contributed by atoms with Crippen LogP contribution in [0.2, 0.25) is 0 Å². The third-order valence-corrected chi connectivity index (χ3v) is 2.53. The first-order valence-corrected chi connectivity index (χ1v) is 5.83. The Balaban J connectivity index is 2.66. The van der Waals surface area contributed by atoms with Crippen molar-refractivity contribution >= 4 is 5.84 Å². The number of pyridine rings is 1. The molecule has 0 spiro atoms. The third kappa shape index (κ3) is 4.07. The second-order valence-electron chi connectivity index (χ2n) is 3.92. The van der Waals surface area contributed by atoms with Gasteiger partial charge in [-0.3, -0.25) is 10.3 Å². The zero-order valence-electron chi connectivity index (χ0n) is 10.4. The molecule has 1 atom stereocenters. The van der Waals surface area contributed by atoms with Gasteiger partial charge in [-0.2, -0.15) is 0 Å². The van der Waals surface area contributed by atoms with Crippen LogP contribution in [0.15, 0.2) is 23.5 Å². The van der Waals surface area contributed by atoms with Crippen LogP contribution in [0.4, 0.5) is 0 Å². The van der Waals surface area contributed by atoms with Crippen LogP contribution in [0.25, 0.3) is 0 Å². The van der Waals surface area contributed by atoms with E-state index in [0.29, 0.717) is 12.2 Å². The van der Waals surface area contributed by atoms with Crippen molar-refractivity contribution in [1.29, 1.82) is 0 Å². The fourth-order valence-corrected chi connectivity index (χ4v) is 1.55. The smallest absolute Gasteiger partial charge is 0.188 e. The zero-order chi connectivity index (χ0) is 13.4. The van der Waals surface area contributed by atoms with E-state index in [2.05, 4.69) is 28.3 Å². The van der Waals surface area contributed by atoms with Gasteiger partial charge in [-0.1, -0.05) is 24.4 Å². The summed E-state index contributed by atoms with van der Waals surface area (Å²) in [5, 5.41) is 14.8. The molecular formula is C13H18N4O. The van der Waals surface area contributed by atoms with Gasteiger partial charge in [0.25, 0.3) is 0 Å². The van der Waals surface area contributed by atoms with Crippen molar-refractivity contribution in [2.45, 2.75) is 32.4 Å². The number of nitrogens with two attached hydrogens (primary N) is 1. The number of rotatable bonds is 6. The molecule has 5 heteroatoms. The van der Waals surface area contributed by atoms with Crippen LogP contribution in [0.5, 0.6) is 0 Å². The fourth-order valence-electron chi connectivity index (χ4n) is 1.55. The summed E-state index contributed by atoms with van der Waals surface area (Å²) in [6.45, 7) is 2.72. The molecule has 1 aromatic heterocycles. The summed E-state index contributed by atoms with van der Waals surface area (Å²) < 4.78 is 0. The van der Waals surface area contributed by atoms with Gasteiger partial charge in [0.15, 0.2) is 5.84 Å². The minimum absolute atomic E-state index is 0.00101. The monoisotopic (exact) mass is 246 g/mol. The van der Waals surface area contributed by atoms with Crippen molar-refractivity contribution in [3.05, 3.63) is 29.6 Å². The highest BCUT2D eigenvalue weighted by Gasteiger charge is 2.05. The van der Waals surface area contributed by atoms with Crippen molar-refractivity contribution in [3.63, 3.8) is 0 Å². The standard InChI is InChI=1S/C13H18N4O/c1-3-5-11(4-2)16-9-10-6-7-15-12(8-10)13(14)17-18/h2,6-8,11,16,18H,3,5,9H2,1H3,(H2,14,17). The van der Waals surface area contributed by atoms with E-state index in [4.69, 9.17) is 17.4 Å². The van der Waals surface area contributed by atoms with Crippen molar-refractivity contribution in [2.24, 2.45) is 10.9 Å². The van der Waals surface area contributed by atoms with Crippen molar-refractivity contribution in [1.82, 2.24) is 10.3 Å². The van der Waals surface area contributed by atoms with Crippen molar-refractivity contribution < 1.29 is 5.21 Å². The van der Waals surface area contributed by atoms with Crippen LogP contribution < -0.4 is 11.1 Å². The Labute approximate surface area is 107 Å². The maximum Gasteiger partial charge on any atom is 0.188 e. The summed E-state index contributed by atoms with van der Waals surface area (Å²) in [6.07, 6.45) is 9.02. The number of aromatic nitrogens is 1. The molecule has 5 nitrogen and oxygen atoms in total. The minimum atomic E-state index is -0.00101. The molecule has 0 aliphatic heterocycles. The molecule has 0 fully saturated rings. The maximum atomic E-state index is 8.59. The largest absolute Gasteiger partial charge is 0.409 e. The highest BCUT2D eigenvalue weighted by Crippen LogP contribution is 2.03. The van der Waals surface area contributed by atoms with Crippen LogP contribution in [0.1, 0.15) is 31.0 Å². The van der Waals surface area contributed by atoms with E-state index in [-0.39, 0.29) is 11.9 Å². The number of terminal acetylenes is 1. The van der Waals surface area contributed by atoms with Crippen molar-refractivity contribution in [3.8, 4) is 12.3 Å². The molecule has 18 heavy (non-hydrogen) atoms. The van der Waals surface area contributed by atoms with E-state index in [1.807, 2.05) is 6.07 Å². The third-order valence-electron chi connectivity index (χ3n) is 2.53. The summed E-state index contributed by atoms with van der Waals surface area (Å²) in [4.78, 5) is 4.01. The Bertz CT molecular complexity index is 451. The molecule has 0 saturated heterocycles. The molecule has 0 saturated carbocycles. The molecule has 0 aliphatic carbocycles. The summed E-state index contributed by atoms with van der Waals surface area (Å²) in [5.41, 5.74) is 6.92. The molecule has 1 aromatic rings. The molecule has 0 bridgehead atoms. The predicted octanol–water partition coefficient (Wildman–Crippen LogP) is 1.07. The lowest BCUT2D eigenvalue weighted by molar-refractivity contribution is 0.318. The Hall–Kier alpha value is -2.06. The molecular weight excluding hydrogens is 228 g/mol. The lowest BCUT2D eigenvalue weighted by Crippen LogP contribution is -2.27. The number of hydrogen-bond acceptors (Lipinski definition) is 4. The first-order valence-electron chi connectivity index (χ1n) is 5.83. The molecule has 96 valence electrons. The van der Waals surface area contributed by atoms with E-state index in [1.165, 1.54) is 0 Å². The average molecular weight is 246 g/mol. The highest BCUT2D eigenvalue weighted by molar-refractivity contribution is 5.95. The van der Waals surface area contributed by atoms with E-state index in [1.54, 1.807) is 12.3 Å². The first-order chi connectivity index (χ1) is 8.71. The Morgan fingerprint density at radius 3 is 3.11 bits per heavy atom. The topological polar surface area (TPSA) is 83.5 Å². The Morgan fingerprint density at radius 1 is 1.72 bits per heavy atom. The Kier molecular flexibility index (Phi) is 5.68. The zero-order valence-corrected chi connectivity index (χ0v) is 10.4. The number of hydrogen-bond donors (Lipinski definition) is 3. The minimum Gasteiger partial charge on any atom is -0.409 e.